The Labute approximate surface area is 123 Å². The summed E-state index contributed by atoms with van der Waals surface area (Å²) in [6.07, 6.45) is -0.259. The highest BCUT2D eigenvalue weighted by Crippen LogP contribution is 2.24. The summed E-state index contributed by atoms with van der Waals surface area (Å²) in [5.41, 5.74) is 0.787. The molecule has 2 amide bonds. The van der Waals surface area contributed by atoms with Crippen LogP contribution in [-0.4, -0.2) is 29.8 Å². The minimum atomic E-state index is -0.457. The summed E-state index contributed by atoms with van der Waals surface area (Å²) >= 11 is 5.97. The maximum atomic E-state index is 12.2. The minimum absolute atomic E-state index is 0.123. The first kappa shape index (κ1) is 16.0. The molecule has 0 saturated carbocycles. The zero-order chi connectivity index (χ0) is 15.1. The molecule has 0 fully saturated rings. The number of carbonyl (C=O) groups is 2. The first-order valence-corrected chi connectivity index (χ1v) is 6.66. The molecule has 0 aromatic heterocycles. The van der Waals surface area contributed by atoms with Crippen LogP contribution in [0.2, 0.25) is 5.02 Å². The van der Waals surface area contributed by atoms with Crippen molar-refractivity contribution in [1.29, 1.82) is 5.26 Å². The molecule has 0 saturated heterocycles. The van der Waals surface area contributed by atoms with E-state index in [0.717, 1.165) is 0 Å². The normalized spacial score (nSPS) is 9.70. The molecule has 0 atom stereocenters. The molecule has 1 rings (SSSR count). The number of hydrogen-bond acceptors (Lipinski definition) is 3. The van der Waals surface area contributed by atoms with E-state index in [4.69, 9.17) is 16.9 Å². The van der Waals surface area contributed by atoms with Crippen molar-refractivity contribution in [2.75, 3.05) is 18.4 Å². The fourth-order valence-corrected chi connectivity index (χ4v) is 1.88. The second kappa shape index (κ2) is 7.51. The molecule has 1 aromatic carbocycles. The van der Waals surface area contributed by atoms with Crippen LogP contribution in [0.15, 0.2) is 18.2 Å². The fourth-order valence-electron chi connectivity index (χ4n) is 1.71. The Hall–Kier alpha value is -2.06. The monoisotopic (exact) mass is 293 g/mol. The highest BCUT2D eigenvalue weighted by Gasteiger charge is 2.15. The summed E-state index contributed by atoms with van der Waals surface area (Å²) in [6.45, 7) is 5.00. The van der Waals surface area contributed by atoms with E-state index in [9.17, 15) is 9.59 Å². The number of benzene rings is 1. The van der Waals surface area contributed by atoms with Gasteiger partial charge in [0.05, 0.1) is 16.8 Å². The molecule has 1 aromatic rings. The molecule has 0 aliphatic heterocycles. The number of nitrogens with zero attached hydrogens (tertiary/aromatic N) is 2. The number of hydrogen-bond donors (Lipinski definition) is 1. The number of rotatable bonds is 5. The Balaban J connectivity index is 2.99. The number of amides is 2. The summed E-state index contributed by atoms with van der Waals surface area (Å²) in [6, 6.07) is 6.45. The lowest BCUT2D eigenvalue weighted by atomic mass is 10.1. The van der Waals surface area contributed by atoms with Crippen molar-refractivity contribution in [3.05, 3.63) is 28.8 Å². The van der Waals surface area contributed by atoms with Crippen molar-refractivity contribution in [2.24, 2.45) is 0 Å². The highest BCUT2D eigenvalue weighted by atomic mass is 35.5. The quantitative estimate of drug-likeness (QED) is 0.907. The molecule has 0 bridgehead atoms. The lowest BCUT2D eigenvalue weighted by Gasteiger charge is -2.19. The van der Waals surface area contributed by atoms with Gasteiger partial charge >= 0.3 is 0 Å². The minimum Gasteiger partial charge on any atom is -0.339 e. The van der Waals surface area contributed by atoms with Crippen molar-refractivity contribution in [3.63, 3.8) is 0 Å². The summed E-state index contributed by atoms with van der Waals surface area (Å²) < 4.78 is 0. The lowest BCUT2D eigenvalue weighted by Crippen LogP contribution is -2.30. The molecule has 0 unspecified atom stereocenters. The fraction of sp³-hybridized carbons (Fsp3) is 0.357. The van der Waals surface area contributed by atoms with Crippen LogP contribution in [-0.2, 0) is 4.79 Å². The number of carbonyl (C=O) groups excluding carboxylic acids is 2. The van der Waals surface area contributed by atoms with E-state index in [2.05, 4.69) is 5.32 Å². The van der Waals surface area contributed by atoms with Gasteiger partial charge in [0.15, 0.2) is 0 Å². The van der Waals surface area contributed by atoms with Gasteiger partial charge in [0.1, 0.15) is 6.42 Å². The van der Waals surface area contributed by atoms with E-state index in [0.29, 0.717) is 29.4 Å². The lowest BCUT2D eigenvalue weighted by molar-refractivity contribution is -0.115. The van der Waals surface area contributed by atoms with Crippen LogP contribution in [0, 0.1) is 11.3 Å². The van der Waals surface area contributed by atoms with E-state index in [1.165, 1.54) is 6.07 Å². The third-order valence-electron chi connectivity index (χ3n) is 2.78. The van der Waals surface area contributed by atoms with E-state index in [-0.39, 0.29) is 12.3 Å². The average Bonchev–Trinajstić information content (AvgIpc) is 2.42. The third kappa shape index (κ3) is 3.97. The van der Waals surface area contributed by atoms with Gasteiger partial charge < -0.3 is 10.2 Å². The number of nitrogens with one attached hydrogen (secondary N) is 1. The van der Waals surface area contributed by atoms with Gasteiger partial charge in [-0.15, -0.1) is 0 Å². The van der Waals surface area contributed by atoms with E-state index < -0.39 is 5.91 Å². The van der Waals surface area contributed by atoms with Crippen molar-refractivity contribution >= 4 is 29.1 Å². The largest absolute Gasteiger partial charge is 0.339 e. The molecule has 5 nitrogen and oxygen atoms in total. The number of halogens is 1. The smallest absolute Gasteiger partial charge is 0.253 e. The summed E-state index contributed by atoms with van der Waals surface area (Å²) in [7, 11) is 0. The first-order chi connectivity index (χ1) is 9.53. The second-order valence-electron chi connectivity index (χ2n) is 4.06. The van der Waals surface area contributed by atoms with Crippen LogP contribution in [0.1, 0.15) is 30.6 Å². The van der Waals surface area contributed by atoms with Gasteiger partial charge in [0, 0.05) is 18.7 Å². The van der Waals surface area contributed by atoms with Gasteiger partial charge in [-0.1, -0.05) is 11.6 Å². The van der Waals surface area contributed by atoms with Crippen LogP contribution < -0.4 is 5.32 Å². The Bertz CT molecular complexity index is 548. The van der Waals surface area contributed by atoms with Gasteiger partial charge in [-0.2, -0.15) is 5.26 Å². The third-order valence-corrected chi connectivity index (χ3v) is 3.11. The molecule has 106 valence electrons. The Kier molecular flexibility index (Phi) is 6.01. The van der Waals surface area contributed by atoms with Gasteiger partial charge in [0.2, 0.25) is 5.91 Å². The van der Waals surface area contributed by atoms with Crippen LogP contribution in [0.25, 0.3) is 0 Å². The average molecular weight is 294 g/mol. The SMILES string of the molecule is CCN(CC)C(=O)c1ccc(Cl)c(NC(=O)CC#N)c1. The molecular weight excluding hydrogens is 278 g/mol. The van der Waals surface area contributed by atoms with Crippen LogP contribution in [0.4, 0.5) is 5.69 Å². The van der Waals surface area contributed by atoms with Crippen molar-refractivity contribution in [3.8, 4) is 6.07 Å². The molecule has 0 heterocycles. The highest BCUT2D eigenvalue weighted by molar-refractivity contribution is 6.33. The summed E-state index contributed by atoms with van der Waals surface area (Å²) in [4.78, 5) is 25.3. The summed E-state index contributed by atoms with van der Waals surface area (Å²) in [5.74, 6) is -0.579. The van der Waals surface area contributed by atoms with Crippen molar-refractivity contribution in [1.82, 2.24) is 4.90 Å². The van der Waals surface area contributed by atoms with Gasteiger partial charge in [-0.05, 0) is 32.0 Å². The maximum Gasteiger partial charge on any atom is 0.253 e. The molecule has 0 aliphatic carbocycles. The van der Waals surface area contributed by atoms with Crippen LogP contribution in [0.3, 0.4) is 0 Å². The van der Waals surface area contributed by atoms with Gasteiger partial charge in [-0.25, -0.2) is 0 Å². The van der Waals surface area contributed by atoms with E-state index >= 15 is 0 Å². The van der Waals surface area contributed by atoms with Crippen LogP contribution >= 0.6 is 11.6 Å². The molecule has 0 spiro atoms. The first-order valence-electron chi connectivity index (χ1n) is 6.29. The topological polar surface area (TPSA) is 73.2 Å². The molecule has 1 N–H and O–H groups in total. The molecule has 20 heavy (non-hydrogen) atoms. The Morgan fingerprint density at radius 1 is 1.35 bits per heavy atom. The van der Waals surface area contributed by atoms with Crippen molar-refractivity contribution in [2.45, 2.75) is 20.3 Å². The molecular formula is C14H16ClN3O2. The van der Waals surface area contributed by atoms with E-state index in [1.54, 1.807) is 23.1 Å². The standard InChI is InChI=1S/C14H16ClN3O2/c1-3-18(4-2)14(20)10-5-6-11(15)12(9-10)17-13(19)7-8-16/h5-6,9H,3-4,7H2,1-2H3,(H,17,19). The van der Waals surface area contributed by atoms with Crippen LogP contribution in [0.5, 0.6) is 0 Å². The Morgan fingerprint density at radius 3 is 2.55 bits per heavy atom. The summed E-state index contributed by atoms with van der Waals surface area (Å²) in [5, 5.41) is 11.3. The molecule has 0 radical (unpaired) electrons. The Morgan fingerprint density at radius 2 is 2.00 bits per heavy atom. The predicted octanol–water partition coefficient (Wildman–Crippen LogP) is 2.67. The molecule has 0 aliphatic rings. The zero-order valence-electron chi connectivity index (χ0n) is 11.4. The zero-order valence-corrected chi connectivity index (χ0v) is 12.2. The predicted molar refractivity (Wildman–Crippen MR) is 77.6 cm³/mol. The second-order valence-corrected chi connectivity index (χ2v) is 4.46. The van der Waals surface area contributed by atoms with Gasteiger partial charge in [-0.3, -0.25) is 9.59 Å². The van der Waals surface area contributed by atoms with Crippen molar-refractivity contribution < 1.29 is 9.59 Å². The number of nitriles is 1. The molecule has 6 heteroatoms. The van der Waals surface area contributed by atoms with Gasteiger partial charge in [0.25, 0.3) is 5.91 Å². The van der Waals surface area contributed by atoms with E-state index in [1.807, 2.05) is 13.8 Å². The number of anilines is 1. The maximum absolute atomic E-state index is 12.2.